The molecule has 0 bridgehead atoms. The van der Waals surface area contributed by atoms with Crippen LogP contribution in [0.25, 0.3) is 0 Å². The number of rotatable bonds is 1. The van der Waals surface area contributed by atoms with Gasteiger partial charge in [-0.3, -0.25) is 0 Å². The van der Waals surface area contributed by atoms with Crippen LogP contribution in [0, 0.1) is 5.92 Å². The van der Waals surface area contributed by atoms with Crippen LogP contribution in [0.3, 0.4) is 0 Å². The number of hydrogen-bond donors (Lipinski definition) is 2. The molecule has 2 N–H and O–H groups in total. The average molecular weight is 143 g/mol. The average Bonchev–Trinajstić information content (AvgIpc) is 1.95. The summed E-state index contributed by atoms with van der Waals surface area (Å²) in [5.41, 5.74) is 0. The number of hydrogen-bond acceptors (Lipinski definition) is 2. The smallest absolute Gasteiger partial charge is 0.0580 e. The van der Waals surface area contributed by atoms with Crippen LogP contribution in [0.2, 0.25) is 0 Å². The van der Waals surface area contributed by atoms with Crippen molar-refractivity contribution < 1.29 is 5.11 Å². The van der Waals surface area contributed by atoms with Gasteiger partial charge in [-0.1, -0.05) is 6.92 Å². The van der Waals surface area contributed by atoms with E-state index in [0.29, 0.717) is 12.0 Å². The number of nitrogens with one attached hydrogen (secondary N) is 1. The van der Waals surface area contributed by atoms with Crippen molar-refractivity contribution in [3.05, 3.63) is 0 Å². The molecule has 1 aliphatic rings. The molecule has 0 aromatic heterocycles. The SMILES string of the molecule is CNC1CCCC(O)C1C. The Labute approximate surface area is 62.6 Å². The molecule has 0 aromatic carbocycles. The minimum absolute atomic E-state index is 0.0776. The van der Waals surface area contributed by atoms with Gasteiger partial charge < -0.3 is 10.4 Å². The highest BCUT2D eigenvalue weighted by molar-refractivity contribution is 4.82. The monoisotopic (exact) mass is 143 g/mol. The van der Waals surface area contributed by atoms with Gasteiger partial charge in [0.25, 0.3) is 0 Å². The fourth-order valence-electron chi connectivity index (χ4n) is 1.75. The minimum atomic E-state index is -0.0776. The fraction of sp³-hybridized carbons (Fsp3) is 1.00. The predicted octanol–water partition coefficient (Wildman–Crippen LogP) is 0.755. The van der Waals surface area contributed by atoms with Crippen LogP contribution in [0.1, 0.15) is 26.2 Å². The Morgan fingerprint density at radius 2 is 2.10 bits per heavy atom. The van der Waals surface area contributed by atoms with Crippen molar-refractivity contribution in [1.29, 1.82) is 0 Å². The van der Waals surface area contributed by atoms with Crippen LogP contribution in [0.5, 0.6) is 0 Å². The van der Waals surface area contributed by atoms with Crippen molar-refractivity contribution in [2.75, 3.05) is 7.05 Å². The molecule has 0 heterocycles. The van der Waals surface area contributed by atoms with Crippen LogP contribution in [0.15, 0.2) is 0 Å². The summed E-state index contributed by atoms with van der Waals surface area (Å²) in [6, 6.07) is 0.531. The van der Waals surface area contributed by atoms with Gasteiger partial charge in [0.05, 0.1) is 6.10 Å². The lowest BCUT2D eigenvalue weighted by Crippen LogP contribution is -2.41. The van der Waals surface area contributed by atoms with Gasteiger partial charge in [0, 0.05) is 6.04 Å². The first kappa shape index (κ1) is 8.02. The highest BCUT2D eigenvalue weighted by Gasteiger charge is 2.26. The van der Waals surface area contributed by atoms with E-state index in [-0.39, 0.29) is 6.10 Å². The first-order valence-electron chi connectivity index (χ1n) is 4.11. The third-order valence-corrected chi connectivity index (χ3v) is 2.63. The molecule has 2 nitrogen and oxygen atoms in total. The van der Waals surface area contributed by atoms with E-state index in [2.05, 4.69) is 12.2 Å². The molecule has 1 saturated carbocycles. The van der Waals surface area contributed by atoms with Gasteiger partial charge in [-0.15, -0.1) is 0 Å². The Bertz CT molecular complexity index is 105. The van der Waals surface area contributed by atoms with E-state index >= 15 is 0 Å². The standard InChI is InChI=1S/C8H17NO/c1-6-7(9-2)4-3-5-8(6)10/h6-10H,3-5H2,1-2H3. The summed E-state index contributed by atoms with van der Waals surface area (Å²) in [4.78, 5) is 0. The molecule has 0 spiro atoms. The number of aliphatic hydroxyl groups excluding tert-OH is 1. The zero-order valence-corrected chi connectivity index (χ0v) is 6.80. The molecule has 3 unspecified atom stereocenters. The van der Waals surface area contributed by atoms with Gasteiger partial charge in [0.1, 0.15) is 0 Å². The molecular formula is C8H17NO. The zero-order chi connectivity index (χ0) is 7.56. The van der Waals surface area contributed by atoms with Gasteiger partial charge in [0.2, 0.25) is 0 Å². The van der Waals surface area contributed by atoms with Gasteiger partial charge in [-0.25, -0.2) is 0 Å². The van der Waals surface area contributed by atoms with E-state index in [1.807, 2.05) is 7.05 Å². The maximum Gasteiger partial charge on any atom is 0.0580 e. The maximum absolute atomic E-state index is 9.44. The van der Waals surface area contributed by atoms with E-state index < -0.39 is 0 Å². The minimum Gasteiger partial charge on any atom is -0.393 e. The second-order valence-electron chi connectivity index (χ2n) is 3.25. The van der Waals surface area contributed by atoms with Crippen LogP contribution in [-0.2, 0) is 0 Å². The summed E-state index contributed by atoms with van der Waals surface area (Å²) >= 11 is 0. The summed E-state index contributed by atoms with van der Waals surface area (Å²) in [6.45, 7) is 2.12. The molecule has 0 amide bonds. The second kappa shape index (κ2) is 3.35. The van der Waals surface area contributed by atoms with Crippen molar-refractivity contribution in [2.45, 2.75) is 38.3 Å². The van der Waals surface area contributed by atoms with Crippen molar-refractivity contribution in [2.24, 2.45) is 5.92 Å². The third kappa shape index (κ3) is 1.50. The normalized spacial score (nSPS) is 41.7. The highest BCUT2D eigenvalue weighted by atomic mass is 16.3. The van der Waals surface area contributed by atoms with Gasteiger partial charge in [0.15, 0.2) is 0 Å². The summed E-state index contributed by atoms with van der Waals surface area (Å²) < 4.78 is 0. The van der Waals surface area contributed by atoms with Gasteiger partial charge in [-0.2, -0.15) is 0 Å². The lowest BCUT2D eigenvalue weighted by atomic mass is 9.84. The van der Waals surface area contributed by atoms with E-state index in [4.69, 9.17) is 0 Å². The summed E-state index contributed by atoms with van der Waals surface area (Å²) in [7, 11) is 1.97. The largest absolute Gasteiger partial charge is 0.393 e. The Balaban J connectivity index is 2.42. The quantitative estimate of drug-likeness (QED) is 0.568. The molecule has 2 heteroatoms. The zero-order valence-electron chi connectivity index (χ0n) is 6.80. The molecule has 1 rings (SSSR count). The summed E-state index contributed by atoms with van der Waals surface area (Å²) in [5.74, 6) is 0.429. The van der Waals surface area contributed by atoms with E-state index in [9.17, 15) is 5.11 Å². The Hall–Kier alpha value is -0.0800. The van der Waals surface area contributed by atoms with Crippen LogP contribution in [-0.4, -0.2) is 24.3 Å². The molecule has 60 valence electrons. The molecule has 3 atom stereocenters. The van der Waals surface area contributed by atoms with Gasteiger partial charge in [-0.05, 0) is 32.2 Å². The predicted molar refractivity (Wildman–Crippen MR) is 41.9 cm³/mol. The first-order valence-corrected chi connectivity index (χ1v) is 4.11. The van der Waals surface area contributed by atoms with E-state index in [1.54, 1.807) is 0 Å². The van der Waals surface area contributed by atoms with Crippen LogP contribution in [0.4, 0.5) is 0 Å². The molecule has 1 fully saturated rings. The third-order valence-electron chi connectivity index (χ3n) is 2.63. The lowest BCUT2D eigenvalue weighted by molar-refractivity contribution is 0.0591. The van der Waals surface area contributed by atoms with Crippen molar-refractivity contribution in [3.63, 3.8) is 0 Å². The Kier molecular flexibility index (Phi) is 2.69. The molecule has 10 heavy (non-hydrogen) atoms. The Morgan fingerprint density at radius 3 is 2.60 bits per heavy atom. The van der Waals surface area contributed by atoms with Crippen molar-refractivity contribution >= 4 is 0 Å². The maximum atomic E-state index is 9.44. The van der Waals surface area contributed by atoms with E-state index in [1.165, 1.54) is 6.42 Å². The first-order chi connectivity index (χ1) is 4.75. The fourth-order valence-corrected chi connectivity index (χ4v) is 1.75. The molecule has 0 aromatic rings. The molecule has 0 radical (unpaired) electrons. The van der Waals surface area contributed by atoms with Crippen LogP contribution < -0.4 is 5.32 Å². The van der Waals surface area contributed by atoms with E-state index in [0.717, 1.165) is 12.8 Å². The Morgan fingerprint density at radius 1 is 1.40 bits per heavy atom. The van der Waals surface area contributed by atoms with Crippen molar-refractivity contribution in [3.8, 4) is 0 Å². The molecular weight excluding hydrogens is 126 g/mol. The second-order valence-corrected chi connectivity index (χ2v) is 3.25. The molecule has 0 aliphatic heterocycles. The summed E-state index contributed by atoms with van der Waals surface area (Å²) in [5, 5.41) is 12.7. The lowest BCUT2D eigenvalue weighted by Gasteiger charge is -2.32. The highest BCUT2D eigenvalue weighted by Crippen LogP contribution is 2.23. The molecule has 0 saturated heterocycles. The van der Waals surface area contributed by atoms with Gasteiger partial charge >= 0.3 is 0 Å². The number of aliphatic hydroxyl groups is 1. The van der Waals surface area contributed by atoms with Crippen molar-refractivity contribution in [1.82, 2.24) is 5.32 Å². The topological polar surface area (TPSA) is 32.3 Å². The summed E-state index contributed by atoms with van der Waals surface area (Å²) in [6.07, 6.45) is 3.29. The van der Waals surface area contributed by atoms with Crippen LogP contribution >= 0.6 is 0 Å². The molecule has 1 aliphatic carbocycles.